The molecule has 2 rings (SSSR count). The Bertz CT molecular complexity index is 308. The largest absolute Gasteiger partial charge is 0.257 e. The molecule has 0 aliphatic carbocycles. The van der Waals surface area contributed by atoms with Gasteiger partial charge < -0.3 is 0 Å². The van der Waals surface area contributed by atoms with Gasteiger partial charge in [0.2, 0.25) is 0 Å². The molecule has 1 aliphatic heterocycles. The minimum absolute atomic E-state index is 0.0927. The Labute approximate surface area is 74.9 Å². The molecular weight excluding hydrogens is 174 g/mol. The van der Waals surface area contributed by atoms with Gasteiger partial charge in [0.15, 0.2) is 11.6 Å². The summed E-state index contributed by atoms with van der Waals surface area (Å²) in [5, 5.41) is 0. The van der Waals surface area contributed by atoms with Crippen LogP contribution in [-0.4, -0.2) is 6.54 Å². The molecule has 1 fully saturated rings. The summed E-state index contributed by atoms with van der Waals surface area (Å²) >= 11 is 0. The molecule has 0 bridgehead atoms. The van der Waals surface area contributed by atoms with E-state index in [4.69, 9.17) is 0 Å². The second-order valence-electron chi connectivity index (χ2n) is 3.09. The SMILES string of the molecule is Fc1ccc(C2CCNN2)cc1F. The van der Waals surface area contributed by atoms with Crippen LogP contribution in [0.5, 0.6) is 0 Å². The normalized spacial score (nSPS) is 22.2. The molecule has 0 saturated carbocycles. The van der Waals surface area contributed by atoms with Crippen LogP contribution in [-0.2, 0) is 0 Å². The lowest BCUT2D eigenvalue weighted by Crippen LogP contribution is -2.24. The number of rotatable bonds is 1. The molecule has 1 aliphatic rings. The number of hydrogen-bond acceptors (Lipinski definition) is 2. The monoisotopic (exact) mass is 184 g/mol. The van der Waals surface area contributed by atoms with Crippen LogP contribution in [0.1, 0.15) is 18.0 Å². The van der Waals surface area contributed by atoms with E-state index in [-0.39, 0.29) is 6.04 Å². The molecule has 1 atom stereocenters. The summed E-state index contributed by atoms with van der Waals surface area (Å²) in [5.74, 6) is -1.58. The molecule has 2 N–H and O–H groups in total. The van der Waals surface area contributed by atoms with Crippen molar-refractivity contribution in [3.8, 4) is 0 Å². The van der Waals surface area contributed by atoms with Gasteiger partial charge in [-0.2, -0.15) is 0 Å². The van der Waals surface area contributed by atoms with Crippen LogP contribution in [0.2, 0.25) is 0 Å². The lowest BCUT2D eigenvalue weighted by atomic mass is 10.1. The van der Waals surface area contributed by atoms with Gasteiger partial charge in [0.05, 0.1) is 0 Å². The Kier molecular flexibility index (Phi) is 2.24. The summed E-state index contributed by atoms with van der Waals surface area (Å²) in [6.45, 7) is 0.851. The lowest BCUT2D eigenvalue weighted by Gasteiger charge is -2.09. The van der Waals surface area contributed by atoms with E-state index in [1.807, 2.05) is 0 Å². The zero-order valence-electron chi connectivity index (χ0n) is 6.98. The molecule has 2 nitrogen and oxygen atoms in total. The smallest absolute Gasteiger partial charge is 0.159 e. The fourth-order valence-corrected chi connectivity index (χ4v) is 1.46. The van der Waals surface area contributed by atoms with E-state index in [2.05, 4.69) is 10.9 Å². The Hall–Kier alpha value is -1.00. The molecular formula is C9H10F2N2. The molecule has 0 aromatic heterocycles. The molecule has 1 saturated heterocycles. The maximum Gasteiger partial charge on any atom is 0.159 e. The van der Waals surface area contributed by atoms with Crippen molar-refractivity contribution in [1.29, 1.82) is 0 Å². The number of nitrogens with one attached hydrogen (secondary N) is 2. The summed E-state index contributed by atoms with van der Waals surface area (Å²) in [5.41, 5.74) is 6.70. The topological polar surface area (TPSA) is 24.1 Å². The van der Waals surface area contributed by atoms with Crippen molar-refractivity contribution in [2.45, 2.75) is 12.5 Å². The average Bonchev–Trinajstić information content (AvgIpc) is 2.62. The van der Waals surface area contributed by atoms with Crippen LogP contribution < -0.4 is 10.9 Å². The number of hydrazine groups is 1. The fraction of sp³-hybridized carbons (Fsp3) is 0.333. The van der Waals surface area contributed by atoms with Crippen LogP contribution in [0.15, 0.2) is 18.2 Å². The lowest BCUT2D eigenvalue weighted by molar-refractivity contribution is 0.501. The van der Waals surface area contributed by atoms with Crippen molar-refractivity contribution in [3.05, 3.63) is 35.4 Å². The number of benzene rings is 1. The highest BCUT2D eigenvalue weighted by Crippen LogP contribution is 2.20. The van der Waals surface area contributed by atoms with E-state index in [1.54, 1.807) is 6.07 Å². The van der Waals surface area contributed by atoms with Crippen molar-refractivity contribution in [2.24, 2.45) is 0 Å². The first kappa shape index (κ1) is 8.59. The van der Waals surface area contributed by atoms with Crippen molar-refractivity contribution < 1.29 is 8.78 Å². The van der Waals surface area contributed by atoms with Crippen LogP contribution in [0.3, 0.4) is 0 Å². The molecule has 1 aromatic rings. The summed E-state index contributed by atoms with van der Waals surface area (Å²) in [4.78, 5) is 0. The first-order valence-electron chi connectivity index (χ1n) is 4.21. The van der Waals surface area contributed by atoms with Crippen molar-refractivity contribution in [2.75, 3.05) is 6.54 Å². The average molecular weight is 184 g/mol. The predicted octanol–water partition coefficient (Wildman–Crippen LogP) is 1.50. The van der Waals surface area contributed by atoms with E-state index < -0.39 is 11.6 Å². The van der Waals surface area contributed by atoms with E-state index in [0.717, 1.165) is 24.6 Å². The standard InChI is InChI=1S/C9H10F2N2/c10-7-2-1-6(5-8(7)11)9-3-4-12-13-9/h1-2,5,9,12-13H,3-4H2. The first-order chi connectivity index (χ1) is 6.27. The third-order valence-corrected chi connectivity index (χ3v) is 2.18. The first-order valence-corrected chi connectivity index (χ1v) is 4.21. The Morgan fingerprint density at radius 2 is 2.08 bits per heavy atom. The quantitative estimate of drug-likeness (QED) is 0.691. The van der Waals surface area contributed by atoms with Crippen LogP contribution in [0.25, 0.3) is 0 Å². The summed E-state index contributed by atoms with van der Waals surface area (Å²) in [6, 6.07) is 4.09. The Balaban J connectivity index is 2.25. The van der Waals surface area contributed by atoms with Crippen LogP contribution in [0.4, 0.5) is 8.78 Å². The second-order valence-corrected chi connectivity index (χ2v) is 3.09. The van der Waals surface area contributed by atoms with E-state index >= 15 is 0 Å². The summed E-state index contributed by atoms with van der Waals surface area (Å²) in [7, 11) is 0. The van der Waals surface area contributed by atoms with E-state index in [9.17, 15) is 8.78 Å². The molecule has 0 radical (unpaired) electrons. The van der Waals surface area contributed by atoms with Gasteiger partial charge in [-0.05, 0) is 24.1 Å². The molecule has 70 valence electrons. The highest BCUT2D eigenvalue weighted by molar-refractivity contribution is 5.21. The van der Waals surface area contributed by atoms with Gasteiger partial charge in [-0.15, -0.1) is 0 Å². The second kappa shape index (κ2) is 3.40. The minimum Gasteiger partial charge on any atom is -0.257 e. The molecule has 1 unspecified atom stereocenters. The van der Waals surface area contributed by atoms with Gasteiger partial charge in [0.25, 0.3) is 0 Å². The van der Waals surface area contributed by atoms with Gasteiger partial charge in [-0.3, -0.25) is 10.9 Å². The highest BCUT2D eigenvalue weighted by atomic mass is 19.2. The van der Waals surface area contributed by atoms with E-state index in [1.165, 1.54) is 6.07 Å². The predicted molar refractivity (Wildman–Crippen MR) is 44.9 cm³/mol. The van der Waals surface area contributed by atoms with Gasteiger partial charge in [-0.25, -0.2) is 8.78 Å². The van der Waals surface area contributed by atoms with Crippen molar-refractivity contribution in [3.63, 3.8) is 0 Å². The maximum absolute atomic E-state index is 12.8. The molecule has 0 amide bonds. The number of halogens is 2. The molecule has 1 heterocycles. The zero-order valence-corrected chi connectivity index (χ0v) is 6.98. The Morgan fingerprint density at radius 3 is 2.69 bits per heavy atom. The fourth-order valence-electron chi connectivity index (χ4n) is 1.46. The van der Waals surface area contributed by atoms with Crippen molar-refractivity contribution in [1.82, 2.24) is 10.9 Å². The van der Waals surface area contributed by atoms with Gasteiger partial charge in [-0.1, -0.05) is 6.07 Å². The number of hydrogen-bond donors (Lipinski definition) is 2. The third kappa shape index (κ3) is 1.68. The van der Waals surface area contributed by atoms with Gasteiger partial charge in [0, 0.05) is 12.6 Å². The third-order valence-electron chi connectivity index (χ3n) is 2.18. The summed E-state index contributed by atoms with van der Waals surface area (Å²) < 4.78 is 25.4. The molecule has 13 heavy (non-hydrogen) atoms. The van der Waals surface area contributed by atoms with Gasteiger partial charge in [0.1, 0.15) is 0 Å². The maximum atomic E-state index is 12.8. The minimum atomic E-state index is -0.797. The van der Waals surface area contributed by atoms with Crippen LogP contribution >= 0.6 is 0 Å². The molecule has 1 aromatic carbocycles. The molecule has 4 heteroatoms. The van der Waals surface area contributed by atoms with Crippen LogP contribution in [0, 0.1) is 11.6 Å². The molecule has 0 spiro atoms. The van der Waals surface area contributed by atoms with Crippen molar-refractivity contribution >= 4 is 0 Å². The highest BCUT2D eigenvalue weighted by Gasteiger charge is 2.16. The van der Waals surface area contributed by atoms with Gasteiger partial charge >= 0.3 is 0 Å². The zero-order chi connectivity index (χ0) is 9.26. The van der Waals surface area contributed by atoms with E-state index in [0.29, 0.717) is 0 Å². The summed E-state index contributed by atoms with van der Waals surface area (Å²) in [6.07, 6.45) is 0.894. The Morgan fingerprint density at radius 1 is 1.23 bits per heavy atom.